The van der Waals surface area contributed by atoms with Crippen molar-refractivity contribution in [2.75, 3.05) is 13.1 Å². The number of carbonyl (C=O) groups excluding carboxylic acids is 1. The van der Waals surface area contributed by atoms with Crippen molar-refractivity contribution in [3.05, 3.63) is 35.6 Å². The number of benzene rings is 1. The minimum absolute atomic E-state index is 0. The normalized spacial score (nSPS) is 21.9. The summed E-state index contributed by atoms with van der Waals surface area (Å²) in [6.07, 6.45) is 3.58. The fourth-order valence-corrected chi connectivity index (χ4v) is 2.46. The zero-order valence-corrected chi connectivity index (χ0v) is 12.6. The number of carbonyl (C=O) groups is 1. The van der Waals surface area contributed by atoms with Crippen molar-refractivity contribution in [2.24, 2.45) is 0 Å². The molecule has 20 heavy (non-hydrogen) atoms. The van der Waals surface area contributed by atoms with E-state index in [0.717, 1.165) is 25.8 Å². The Balaban J connectivity index is 0.00000200. The van der Waals surface area contributed by atoms with Crippen molar-refractivity contribution in [1.29, 1.82) is 0 Å². The van der Waals surface area contributed by atoms with E-state index in [1.165, 1.54) is 6.07 Å². The van der Waals surface area contributed by atoms with E-state index >= 15 is 0 Å². The fraction of sp³-hybridized carbons (Fsp3) is 0.533. The van der Waals surface area contributed by atoms with Gasteiger partial charge in [0.2, 0.25) is 5.91 Å². The first-order chi connectivity index (χ1) is 9.12. The number of rotatable bonds is 4. The predicted octanol–water partition coefficient (Wildman–Crippen LogP) is 2.44. The lowest BCUT2D eigenvalue weighted by Crippen LogP contribution is -2.57. The SMILES string of the molecule is CC1(C(=O)NCCc2ccccc2F)CCCCN1.Cl. The summed E-state index contributed by atoms with van der Waals surface area (Å²) in [5, 5.41) is 6.17. The topological polar surface area (TPSA) is 41.1 Å². The second-order valence-electron chi connectivity index (χ2n) is 5.31. The lowest BCUT2D eigenvalue weighted by atomic mass is 9.90. The van der Waals surface area contributed by atoms with Crippen molar-refractivity contribution < 1.29 is 9.18 Å². The first-order valence-electron chi connectivity index (χ1n) is 6.88. The van der Waals surface area contributed by atoms with Gasteiger partial charge >= 0.3 is 0 Å². The van der Waals surface area contributed by atoms with Crippen molar-refractivity contribution >= 4 is 18.3 Å². The molecule has 1 heterocycles. The Morgan fingerprint density at radius 3 is 2.80 bits per heavy atom. The monoisotopic (exact) mass is 300 g/mol. The third kappa shape index (κ3) is 4.18. The minimum atomic E-state index is -0.465. The van der Waals surface area contributed by atoms with Gasteiger partial charge in [-0.15, -0.1) is 12.4 Å². The lowest BCUT2D eigenvalue weighted by molar-refractivity contribution is -0.127. The van der Waals surface area contributed by atoms with Crippen molar-refractivity contribution in [1.82, 2.24) is 10.6 Å². The van der Waals surface area contributed by atoms with Crippen LogP contribution >= 0.6 is 12.4 Å². The van der Waals surface area contributed by atoms with Gasteiger partial charge in [-0.05, 0) is 50.8 Å². The summed E-state index contributed by atoms with van der Waals surface area (Å²) in [7, 11) is 0. The molecule has 0 aliphatic carbocycles. The van der Waals surface area contributed by atoms with Crippen LogP contribution in [-0.4, -0.2) is 24.5 Å². The molecule has 1 aromatic carbocycles. The highest BCUT2D eigenvalue weighted by Crippen LogP contribution is 2.18. The third-order valence-corrected chi connectivity index (χ3v) is 3.76. The summed E-state index contributed by atoms with van der Waals surface area (Å²) < 4.78 is 13.4. The standard InChI is InChI=1S/C15H21FN2O.ClH/c1-15(9-4-5-10-18-15)14(19)17-11-8-12-6-2-3-7-13(12)16;/h2-3,6-7,18H,4-5,8-11H2,1H3,(H,17,19);1H. The predicted molar refractivity (Wildman–Crippen MR) is 80.6 cm³/mol. The molecule has 0 radical (unpaired) electrons. The Kier molecular flexibility index (Phi) is 6.43. The van der Waals surface area contributed by atoms with Crippen LogP contribution in [0.15, 0.2) is 24.3 Å². The van der Waals surface area contributed by atoms with E-state index in [2.05, 4.69) is 10.6 Å². The molecule has 1 aromatic rings. The van der Waals surface area contributed by atoms with Gasteiger partial charge in [0.25, 0.3) is 0 Å². The lowest BCUT2D eigenvalue weighted by Gasteiger charge is -2.33. The summed E-state index contributed by atoms with van der Waals surface area (Å²) in [5.74, 6) is -0.192. The Labute approximate surface area is 125 Å². The molecular formula is C15H22ClFN2O. The average molecular weight is 301 g/mol. The van der Waals surface area contributed by atoms with Gasteiger partial charge in [-0.2, -0.15) is 0 Å². The second kappa shape index (κ2) is 7.60. The van der Waals surface area contributed by atoms with E-state index in [4.69, 9.17) is 0 Å². The summed E-state index contributed by atoms with van der Waals surface area (Å²) in [6, 6.07) is 6.68. The van der Waals surface area contributed by atoms with E-state index in [1.54, 1.807) is 12.1 Å². The third-order valence-electron chi connectivity index (χ3n) is 3.76. The number of nitrogens with one attached hydrogen (secondary N) is 2. The molecule has 1 aliphatic rings. The van der Waals surface area contributed by atoms with Crippen LogP contribution in [0.25, 0.3) is 0 Å². The molecule has 1 saturated heterocycles. The summed E-state index contributed by atoms with van der Waals surface area (Å²) in [5.41, 5.74) is 0.178. The second-order valence-corrected chi connectivity index (χ2v) is 5.31. The minimum Gasteiger partial charge on any atom is -0.354 e. The number of halogens is 2. The van der Waals surface area contributed by atoms with Gasteiger partial charge in [0.05, 0.1) is 5.54 Å². The smallest absolute Gasteiger partial charge is 0.240 e. The van der Waals surface area contributed by atoms with Gasteiger partial charge < -0.3 is 10.6 Å². The number of hydrogen-bond acceptors (Lipinski definition) is 2. The maximum atomic E-state index is 13.4. The van der Waals surface area contributed by atoms with Crippen molar-refractivity contribution in [3.8, 4) is 0 Å². The van der Waals surface area contributed by atoms with Gasteiger partial charge in [-0.1, -0.05) is 18.2 Å². The van der Waals surface area contributed by atoms with E-state index in [9.17, 15) is 9.18 Å². The molecule has 1 amide bonds. The van der Waals surface area contributed by atoms with E-state index < -0.39 is 5.54 Å². The Hall–Kier alpha value is -1.13. The first kappa shape index (κ1) is 16.9. The summed E-state index contributed by atoms with van der Waals surface area (Å²) in [6.45, 7) is 3.29. The molecule has 1 fully saturated rings. The van der Waals surface area contributed by atoms with Crippen LogP contribution in [-0.2, 0) is 11.2 Å². The number of amides is 1. The molecule has 5 heteroatoms. The zero-order chi connectivity index (χ0) is 13.7. The van der Waals surface area contributed by atoms with Crippen molar-refractivity contribution in [2.45, 2.75) is 38.1 Å². The van der Waals surface area contributed by atoms with Crippen LogP contribution in [0.3, 0.4) is 0 Å². The Morgan fingerprint density at radius 1 is 1.40 bits per heavy atom. The fourth-order valence-electron chi connectivity index (χ4n) is 2.46. The highest BCUT2D eigenvalue weighted by Gasteiger charge is 2.33. The van der Waals surface area contributed by atoms with Gasteiger partial charge in [-0.25, -0.2) is 4.39 Å². The molecule has 2 N–H and O–H groups in total. The highest BCUT2D eigenvalue weighted by molar-refractivity contribution is 5.86. The molecule has 0 aromatic heterocycles. The molecule has 2 rings (SSSR count). The molecule has 0 spiro atoms. The van der Waals surface area contributed by atoms with Crippen LogP contribution in [0.5, 0.6) is 0 Å². The van der Waals surface area contributed by atoms with Crippen LogP contribution in [0.2, 0.25) is 0 Å². The quantitative estimate of drug-likeness (QED) is 0.897. The number of hydrogen-bond donors (Lipinski definition) is 2. The van der Waals surface area contributed by atoms with Gasteiger partial charge in [0.15, 0.2) is 0 Å². The van der Waals surface area contributed by atoms with E-state index in [0.29, 0.717) is 18.5 Å². The van der Waals surface area contributed by atoms with E-state index in [1.807, 2.05) is 13.0 Å². The first-order valence-corrected chi connectivity index (χ1v) is 6.88. The maximum Gasteiger partial charge on any atom is 0.240 e. The van der Waals surface area contributed by atoms with Gasteiger partial charge in [0, 0.05) is 6.54 Å². The molecular weight excluding hydrogens is 279 g/mol. The van der Waals surface area contributed by atoms with Gasteiger partial charge in [0.1, 0.15) is 5.82 Å². The average Bonchev–Trinajstić information content (AvgIpc) is 2.41. The highest BCUT2D eigenvalue weighted by atomic mass is 35.5. The molecule has 0 saturated carbocycles. The number of piperidine rings is 1. The zero-order valence-electron chi connectivity index (χ0n) is 11.7. The van der Waals surface area contributed by atoms with Crippen LogP contribution < -0.4 is 10.6 Å². The molecule has 1 unspecified atom stereocenters. The molecule has 3 nitrogen and oxygen atoms in total. The molecule has 0 bridgehead atoms. The van der Waals surface area contributed by atoms with Gasteiger partial charge in [-0.3, -0.25) is 4.79 Å². The molecule has 112 valence electrons. The molecule has 1 aliphatic heterocycles. The van der Waals surface area contributed by atoms with Crippen LogP contribution in [0.1, 0.15) is 31.7 Å². The van der Waals surface area contributed by atoms with E-state index in [-0.39, 0.29) is 24.1 Å². The maximum absolute atomic E-state index is 13.4. The van der Waals surface area contributed by atoms with Crippen molar-refractivity contribution in [3.63, 3.8) is 0 Å². The largest absolute Gasteiger partial charge is 0.354 e. The summed E-state index contributed by atoms with van der Waals surface area (Å²) >= 11 is 0. The Morgan fingerprint density at radius 2 is 2.15 bits per heavy atom. The Bertz CT molecular complexity index is 447. The summed E-state index contributed by atoms with van der Waals surface area (Å²) in [4.78, 5) is 12.1. The molecule has 1 atom stereocenters. The van der Waals surface area contributed by atoms with Crippen LogP contribution in [0.4, 0.5) is 4.39 Å². The van der Waals surface area contributed by atoms with Crippen LogP contribution in [0, 0.1) is 5.82 Å².